The van der Waals surface area contributed by atoms with Gasteiger partial charge in [-0.2, -0.15) is 5.10 Å². The number of nitrogens with zero attached hydrogens (tertiary/aromatic N) is 4. The number of aromatic nitrogens is 3. The highest BCUT2D eigenvalue weighted by Crippen LogP contribution is 2.28. The summed E-state index contributed by atoms with van der Waals surface area (Å²) in [5, 5.41) is 4.46. The van der Waals surface area contributed by atoms with Gasteiger partial charge in [-0.3, -0.25) is 4.90 Å². The molecule has 0 radical (unpaired) electrons. The predicted octanol–water partition coefficient (Wildman–Crippen LogP) is 2.60. The van der Waals surface area contributed by atoms with E-state index in [1.54, 1.807) is 0 Å². The van der Waals surface area contributed by atoms with E-state index in [2.05, 4.69) is 23.8 Å². The van der Waals surface area contributed by atoms with Gasteiger partial charge in [0.2, 0.25) is 0 Å². The summed E-state index contributed by atoms with van der Waals surface area (Å²) >= 11 is 5.52. The lowest BCUT2D eigenvalue weighted by Crippen LogP contribution is -2.52. The molecule has 1 aromatic rings. The molecular weight excluding hydrogens is 272 g/mol. The molecule has 2 fully saturated rings. The van der Waals surface area contributed by atoms with Crippen LogP contribution in [0.15, 0.2) is 6.33 Å². The average molecular weight is 296 g/mol. The molecule has 20 heavy (non-hydrogen) atoms. The molecule has 0 N–H and O–H groups in total. The van der Waals surface area contributed by atoms with Gasteiger partial charge in [0.15, 0.2) is 4.77 Å². The number of rotatable bonds is 3. The van der Waals surface area contributed by atoms with Gasteiger partial charge in [0.25, 0.3) is 0 Å². The van der Waals surface area contributed by atoms with Crippen molar-refractivity contribution < 1.29 is 4.74 Å². The molecule has 2 atom stereocenters. The first-order valence-electron chi connectivity index (χ1n) is 7.66. The molecule has 1 aliphatic heterocycles. The van der Waals surface area contributed by atoms with E-state index >= 15 is 0 Å². The summed E-state index contributed by atoms with van der Waals surface area (Å²) in [6.45, 7) is 6.88. The summed E-state index contributed by atoms with van der Waals surface area (Å²) < 4.78 is 10.7. The average Bonchev–Trinajstić information content (AvgIpc) is 2.81. The summed E-state index contributed by atoms with van der Waals surface area (Å²) in [7, 11) is 0. The van der Waals surface area contributed by atoms with Gasteiger partial charge in [-0.25, -0.2) is 4.68 Å². The highest BCUT2D eigenvalue weighted by atomic mass is 32.1. The van der Waals surface area contributed by atoms with E-state index in [1.807, 2.05) is 15.6 Å². The predicted molar refractivity (Wildman–Crippen MR) is 80.1 cm³/mol. The van der Waals surface area contributed by atoms with Crippen molar-refractivity contribution in [3.05, 3.63) is 11.1 Å². The Labute approximate surface area is 125 Å². The van der Waals surface area contributed by atoms with E-state index in [0.717, 1.165) is 24.6 Å². The van der Waals surface area contributed by atoms with Crippen molar-refractivity contribution in [3.8, 4) is 0 Å². The van der Waals surface area contributed by atoms with Gasteiger partial charge in [-0.05, 0) is 38.9 Å². The monoisotopic (exact) mass is 296 g/mol. The maximum absolute atomic E-state index is 5.92. The molecule has 1 saturated carbocycles. The second-order valence-electron chi connectivity index (χ2n) is 6.13. The molecule has 1 aliphatic carbocycles. The van der Waals surface area contributed by atoms with E-state index in [1.165, 1.54) is 25.7 Å². The molecule has 2 aliphatic rings. The summed E-state index contributed by atoms with van der Waals surface area (Å²) in [5.41, 5.74) is 0. The van der Waals surface area contributed by atoms with Gasteiger partial charge in [-0.1, -0.05) is 12.8 Å². The van der Waals surface area contributed by atoms with Gasteiger partial charge in [-0.15, -0.1) is 0 Å². The van der Waals surface area contributed by atoms with Crippen LogP contribution in [0.2, 0.25) is 0 Å². The third-order valence-electron chi connectivity index (χ3n) is 4.48. The Morgan fingerprint density at radius 2 is 2.20 bits per heavy atom. The number of morpholine rings is 1. The molecular formula is C14H24N4OS. The zero-order valence-electron chi connectivity index (χ0n) is 12.4. The molecule has 0 spiro atoms. The maximum Gasteiger partial charge on any atom is 0.199 e. The number of ether oxygens (including phenoxy) is 1. The maximum atomic E-state index is 5.92. The van der Waals surface area contributed by atoms with Crippen LogP contribution in [-0.2, 0) is 11.4 Å². The largest absolute Gasteiger partial charge is 0.375 e. The van der Waals surface area contributed by atoms with Crippen LogP contribution in [0, 0.1) is 4.77 Å². The Bertz CT molecular complexity index is 508. The molecule has 1 aromatic heterocycles. The molecule has 0 aromatic carbocycles. The van der Waals surface area contributed by atoms with Gasteiger partial charge >= 0.3 is 0 Å². The quantitative estimate of drug-likeness (QED) is 0.803. The molecule has 2 unspecified atom stereocenters. The molecule has 6 heteroatoms. The van der Waals surface area contributed by atoms with Gasteiger partial charge in [0.05, 0.1) is 19.4 Å². The molecule has 2 heterocycles. The molecule has 0 amide bonds. The van der Waals surface area contributed by atoms with Gasteiger partial charge < -0.3 is 9.30 Å². The minimum absolute atomic E-state index is 0.364. The van der Waals surface area contributed by atoms with E-state index in [0.29, 0.717) is 18.2 Å². The first kappa shape index (κ1) is 14.2. The van der Waals surface area contributed by atoms with Crippen molar-refractivity contribution in [2.24, 2.45) is 0 Å². The zero-order valence-corrected chi connectivity index (χ0v) is 13.2. The SMILES string of the molecule is CC(C)n1cnn(CN2CCOC3CCCCC32)c1=S. The van der Waals surface area contributed by atoms with E-state index in [-0.39, 0.29) is 0 Å². The van der Waals surface area contributed by atoms with E-state index < -0.39 is 0 Å². The molecule has 3 rings (SSSR count). The fraction of sp³-hybridized carbons (Fsp3) is 0.857. The number of hydrogen-bond acceptors (Lipinski definition) is 4. The van der Waals surface area contributed by atoms with Crippen molar-refractivity contribution in [2.45, 2.75) is 64.4 Å². The first-order valence-corrected chi connectivity index (χ1v) is 8.07. The fourth-order valence-corrected chi connectivity index (χ4v) is 3.69. The van der Waals surface area contributed by atoms with Crippen molar-refractivity contribution in [2.75, 3.05) is 13.2 Å². The Hall–Kier alpha value is -0.720. The minimum atomic E-state index is 0.364. The van der Waals surface area contributed by atoms with Crippen LogP contribution in [0.4, 0.5) is 0 Å². The van der Waals surface area contributed by atoms with Crippen LogP contribution in [0.5, 0.6) is 0 Å². The standard InChI is InChI=1S/C14H24N4OS/c1-11(2)17-9-15-18(14(17)20)10-16-7-8-19-13-6-4-3-5-12(13)16/h9,11-13H,3-8,10H2,1-2H3. The van der Waals surface area contributed by atoms with Crippen molar-refractivity contribution in [1.29, 1.82) is 0 Å². The minimum Gasteiger partial charge on any atom is -0.375 e. The topological polar surface area (TPSA) is 35.2 Å². The van der Waals surface area contributed by atoms with Crippen LogP contribution >= 0.6 is 12.2 Å². The van der Waals surface area contributed by atoms with Crippen LogP contribution in [0.3, 0.4) is 0 Å². The van der Waals surface area contributed by atoms with Crippen molar-refractivity contribution in [1.82, 2.24) is 19.2 Å². The lowest BCUT2D eigenvalue weighted by atomic mass is 9.90. The normalized spacial score (nSPS) is 27.8. The van der Waals surface area contributed by atoms with Gasteiger partial charge in [0, 0.05) is 18.6 Å². The Morgan fingerprint density at radius 1 is 1.40 bits per heavy atom. The van der Waals surface area contributed by atoms with Crippen molar-refractivity contribution in [3.63, 3.8) is 0 Å². The summed E-state index contributed by atoms with van der Waals surface area (Å²) in [6, 6.07) is 0.909. The molecule has 0 bridgehead atoms. The summed E-state index contributed by atoms with van der Waals surface area (Å²) in [6.07, 6.45) is 7.32. The highest BCUT2D eigenvalue weighted by Gasteiger charge is 2.34. The number of hydrogen-bond donors (Lipinski definition) is 0. The summed E-state index contributed by atoms with van der Waals surface area (Å²) in [4.78, 5) is 2.50. The van der Waals surface area contributed by atoms with Crippen LogP contribution < -0.4 is 0 Å². The molecule has 1 saturated heterocycles. The Morgan fingerprint density at radius 3 is 2.95 bits per heavy atom. The Kier molecular flexibility index (Phi) is 4.23. The second kappa shape index (κ2) is 5.95. The van der Waals surface area contributed by atoms with Gasteiger partial charge in [0.1, 0.15) is 6.33 Å². The van der Waals surface area contributed by atoms with Crippen molar-refractivity contribution >= 4 is 12.2 Å². The highest BCUT2D eigenvalue weighted by molar-refractivity contribution is 7.71. The first-order chi connectivity index (χ1) is 9.66. The molecule has 112 valence electrons. The van der Waals surface area contributed by atoms with Crippen LogP contribution in [0.25, 0.3) is 0 Å². The lowest BCUT2D eigenvalue weighted by Gasteiger charge is -2.43. The van der Waals surface area contributed by atoms with E-state index in [4.69, 9.17) is 17.0 Å². The second-order valence-corrected chi connectivity index (χ2v) is 6.49. The van der Waals surface area contributed by atoms with E-state index in [9.17, 15) is 0 Å². The third-order valence-corrected chi connectivity index (χ3v) is 4.90. The fourth-order valence-electron chi connectivity index (χ4n) is 3.33. The summed E-state index contributed by atoms with van der Waals surface area (Å²) in [5.74, 6) is 0. The lowest BCUT2D eigenvalue weighted by molar-refractivity contribution is -0.0994. The molecule has 5 nitrogen and oxygen atoms in total. The zero-order chi connectivity index (χ0) is 14.1. The third kappa shape index (κ3) is 2.69. The number of fused-ring (bicyclic) bond motifs is 1. The van der Waals surface area contributed by atoms with Crippen LogP contribution in [0.1, 0.15) is 45.6 Å². The van der Waals surface area contributed by atoms with Crippen LogP contribution in [-0.4, -0.2) is 44.5 Å². The Balaban J connectivity index is 1.75. The smallest absolute Gasteiger partial charge is 0.199 e.